The SMILES string of the molecule is CCc1c2c(nc3ccc(OC(=O)N4CCN(CCCCCCOc5cc(F)c([C@@H]6c7[nH]c8ccccc8c7C[C@@H](C)N6CC(C)(C)F)c(F)c5)CC4)cc13)-c1cc3c(c(=O)n1C2)COC(=O)C3(O)CC. The summed E-state index contributed by atoms with van der Waals surface area (Å²) in [4.78, 5) is 54.0. The number of nitrogens with zero attached hydrogens (tertiary/aromatic N) is 5. The topological polar surface area (TPSA) is 142 Å². The van der Waals surface area contributed by atoms with Gasteiger partial charge in [-0.1, -0.05) is 44.9 Å². The lowest BCUT2D eigenvalue weighted by molar-refractivity contribution is -0.172. The van der Waals surface area contributed by atoms with Crippen LogP contribution in [0.15, 0.2) is 65.5 Å². The van der Waals surface area contributed by atoms with Crippen LogP contribution in [-0.2, 0) is 41.1 Å². The highest BCUT2D eigenvalue weighted by molar-refractivity contribution is 5.90. The Morgan fingerprint density at radius 3 is 2.41 bits per heavy atom. The lowest BCUT2D eigenvalue weighted by atomic mass is 9.86. The molecule has 3 aromatic heterocycles. The highest BCUT2D eigenvalue weighted by atomic mass is 19.1. The number of aromatic nitrogens is 3. The number of ether oxygens (including phenoxy) is 3. The van der Waals surface area contributed by atoms with E-state index in [0.29, 0.717) is 80.4 Å². The molecule has 1 fully saturated rings. The molecule has 4 aliphatic rings. The van der Waals surface area contributed by atoms with Gasteiger partial charge in [0.1, 0.15) is 35.4 Å². The number of benzene rings is 3. The molecule has 6 aromatic rings. The Morgan fingerprint density at radius 2 is 1.68 bits per heavy atom. The van der Waals surface area contributed by atoms with Crippen LogP contribution >= 0.6 is 0 Å². The molecule has 0 spiro atoms. The molecule has 3 aromatic carbocycles. The Hall–Kier alpha value is -6.23. The summed E-state index contributed by atoms with van der Waals surface area (Å²) in [5, 5.41) is 13.1. The van der Waals surface area contributed by atoms with Crippen LogP contribution < -0.4 is 15.0 Å². The maximum absolute atomic E-state index is 16.1. The van der Waals surface area contributed by atoms with E-state index in [4.69, 9.17) is 19.2 Å². The number of rotatable bonds is 14. The normalized spacial score (nSPS) is 20.2. The van der Waals surface area contributed by atoms with Gasteiger partial charge in [0.2, 0.25) is 0 Å². The Labute approximate surface area is 410 Å². The van der Waals surface area contributed by atoms with Gasteiger partial charge in [-0.05, 0) is 101 Å². The molecule has 1 unspecified atom stereocenters. The smallest absolute Gasteiger partial charge is 0.415 e. The standard InChI is InChI=1S/C55H61F3N6O7/c1-6-35-37-25-33(16-17-45(37)59-48-39(35)29-63-46(48)28-41-40(51(63)65)30-70-52(66)55(41,68)7-2)71-53(67)62-21-19-61(20-22-62)18-12-8-9-13-23-69-34-26-42(56)47(43(57)27-34)50-49-38(36-14-10-11-15-44(36)60-49)24-32(3)64(50)31-54(4,5)58/h10-11,14-17,25-28,32,50,60,68H,6-9,12-13,18-24,29-31H2,1-5H3/t32-,50-,55?/m1/s1. The van der Waals surface area contributed by atoms with Crippen molar-refractivity contribution in [2.75, 3.05) is 45.9 Å². The maximum atomic E-state index is 16.1. The number of cyclic esters (lactones) is 1. The number of carbonyl (C=O) groups is 2. The molecule has 0 saturated carbocycles. The zero-order valence-corrected chi connectivity index (χ0v) is 41.0. The van der Waals surface area contributed by atoms with Crippen LogP contribution in [0.3, 0.4) is 0 Å². The molecular weight excluding hydrogens is 914 g/mol. The fraction of sp³-hybridized carbons (Fsp3) is 0.455. The number of amides is 1. The van der Waals surface area contributed by atoms with Crippen molar-refractivity contribution < 1.29 is 42.1 Å². The fourth-order valence-corrected chi connectivity index (χ4v) is 11.3. The van der Waals surface area contributed by atoms with E-state index in [1.807, 2.05) is 49.1 Å². The van der Waals surface area contributed by atoms with Gasteiger partial charge >= 0.3 is 12.1 Å². The predicted octanol–water partition coefficient (Wildman–Crippen LogP) is 9.24. The summed E-state index contributed by atoms with van der Waals surface area (Å²) in [5.41, 5.74) is 2.87. The zero-order chi connectivity index (χ0) is 49.9. The molecule has 1 saturated heterocycles. The third-order valence-electron chi connectivity index (χ3n) is 15.0. The molecule has 71 heavy (non-hydrogen) atoms. The molecule has 4 aliphatic heterocycles. The fourth-order valence-electron chi connectivity index (χ4n) is 11.3. The molecule has 7 heterocycles. The number of hydrogen-bond donors (Lipinski definition) is 2. The second kappa shape index (κ2) is 19.1. The number of aryl methyl sites for hydroxylation is 1. The number of aliphatic hydroxyl groups is 1. The van der Waals surface area contributed by atoms with Crippen LogP contribution in [0, 0.1) is 11.6 Å². The van der Waals surface area contributed by atoms with Gasteiger partial charge in [0.05, 0.1) is 41.7 Å². The van der Waals surface area contributed by atoms with E-state index in [2.05, 4.69) is 9.88 Å². The number of unbranched alkanes of at least 4 members (excludes halogenated alkanes) is 3. The van der Waals surface area contributed by atoms with Gasteiger partial charge in [0, 0.05) is 89.6 Å². The predicted molar refractivity (Wildman–Crippen MR) is 263 cm³/mol. The molecule has 1 amide bonds. The minimum atomic E-state index is -1.91. The van der Waals surface area contributed by atoms with Gasteiger partial charge in [0.25, 0.3) is 5.56 Å². The van der Waals surface area contributed by atoms with Gasteiger partial charge in [-0.2, -0.15) is 0 Å². The van der Waals surface area contributed by atoms with Crippen LogP contribution in [0.2, 0.25) is 0 Å². The number of halogens is 3. The number of hydrogen-bond acceptors (Lipinski definition) is 10. The lowest BCUT2D eigenvalue weighted by Crippen LogP contribution is -2.49. The van der Waals surface area contributed by atoms with Crippen molar-refractivity contribution in [3.05, 3.63) is 122 Å². The molecule has 374 valence electrons. The highest BCUT2D eigenvalue weighted by Gasteiger charge is 2.46. The summed E-state index contributed by atoms with van der Waals surface area (Å²) < 4.78 is 66.0. The van der Waals surface area contributed by atoms with Gasteiger partial charge in [-0.25, -0.2) is 27.7 Å². The molecule has 0 aliphatic carbocycles. The lowest BCUT2D eigenvalue weighted by Gasteiger charge is -2.43. The zero-order valence-electron chi connectivity index (χ0n) is 41.0. The first-order chi connectivity index (χ1) is 34.1. The first kappa shape index (κ1) is 48.4. The van der Waals surface area contributed by atoms with E-state index in [1.54, 1.807) is 34.6 Å². The van der Waals surface area contributed by atoms with Crippen molar-refractivity contribution in [2.24, 2.45) is 0 Å². The van der Waals surface area contributed by atoms with E-state index in [-0.39, 0.29) is 60.2 Å². The van der Waals surface area contributed by atoms with Crippen LogP contribution in [0.25, 0.3) is 33.2 Å². The monoisotopic (exact) mass is 974 g/mol. The first-order valence-electron chi connectivity index (χ1n) is 25.0. The largest absolute Gasteiger partial charge is 0.493 e. The van der Waals surface area contributed by atoms with Gasteiger partial charge in [0.15, 0.2) is 5.60 Å². The second-order valence-electron chi connectivity index (χ2n) is 20.2. The van der Waals surface area contributed by atoms with E-state index >= 15 is 13.2 Å². The summed E-state index contributed by atoms with van der Waals surface area (Å²) in [5.74, 6) is -1.70. The average Bonchev–Trinajstić information content (AvgIpc) is 3.90. The molecular formula is C55H61F3N6O7. The minimum Gasteiger partial charge on any atom is -0.493 e. The number of piperazine rings is 1. The van der Waals surface area contributed by atoms with E-state index < -0.39 is 41.0 Å². The number of nitrogens with one attached hydrogen (secondary N) is 1. The molecule has 13 nitrogen and oxygen atoms in total. The number of carbonyl (C=O) groups excluding carboxylic acids is 2. The number of aromatic amines is 1. The second-order valence-corrected chi connectivity index (χ2v) is 20.2. The average molecular weight is 975 g/mol. The van der Waals surface area contributed by atoms with Crippen molar-refractivity contribution >= 4 is 33.9 Å². The molecule has 3 atom stereocenters. The van der Waals surface area contributed by atoms with E-state index in [0.717, 1.165) is 58.8 Å². The molecule has 10 rings (SSSR count). The van der Waals surface area contributed by atoms with Gasteiger partial charge in [-0.15, -0.1) is 0 Å². The van der Waals surface area contributed by atoms with Crippen molar-refractivity contribution in [2.45, 2.75) is 116 Å². The van der Waals surface area contributed by atoms with Crippen LogP contribution in [0.1, 0.15) is 112 Å². The van der Waals surface area contributed by atoms with Crippen molar-refractivity contribution in [3.63, 3.8) is 0 Å². The van der Waals surface area contributed by atoms with Crippen molar-refractivity contribution in [1.29, 1.82) is 0 Å². The Balaban J connectivity index is 0.698. The van der Waals surface area contributed by atoms with Crippen LogP contribution in [-0.4, -0.2) is 104 Å². The minimum absolute atomic E-state index is 0.00815. The maximum Gasteiger partial charge on any atom is 0.415 e. The third kappa shape index (κ3) is 8.96. The summed E-state index contributed by atoms with van der Waals surface area (Å²) in [6.07, 6.45) is 4.39. The summed E-state index contributed by atoms with van der Waals surface area (Å²) in [6.45, 7) is 12.4. The highest BCUT2D eigenvalue weighted by Crippen LogP contribution is 2.45. The summed E-state index contributed by atoms with van der Waals surface area (Å²) in [7, 11) is 0. The number of fused-ring (bicyclic) bond motifs is 8. The third-order valence-corrected chi connectivity index (χ3v) is 15.0. The van der Waals surface area contributed by atoms with Crippen LogP contribution in [0.5, 0.6) is 11.5 Å². The number of pyridine rings is 2. The number of alkyl halides is 1. The van der Waals surface area contributed by atoms with Crippen molar-refractivity contribution in [1.82, 2.24) is 29.2 Å². The summed E-state index contributed by atoms with van der Waals surface area (Å²) >= 11 is 0. The van der Waals surface area contributed by atoms with E-state index in [1.165, 1.54) is 26.0 Å². The number of esters is 1. The molecule has 16 heteroatoms. The van der Waals surface area contributed by atoms with Crippen molar-refractivity contribution in [3.8, 4) is 22.9 Å². The molecule has 0 bridgehead atoms. The van der Waals surface area contributed by atoms with Crippen LogP contribution in [0.4, 0.5) is 18.0 Å². The first-order valence-corrected chi connectivity index (χ1v) is 25.0. The molecule has 2 N–H and O–H groups in total. The van der Waals surface area contributed by atoms with Gasteiger partial charge < -0.3 is 33.8 Å². The Kier molecular flexibility index (Phi) is 13.0. The quantitative estimate of drug-likeness (QED) is 0.0800. The summed E-state index contributed by atoms with van der Waals surface area (Å²) in [6, 6.07) is 16.4. The van der Waals surface area contributed by atoms with E-state index in [9.17, 15) is 19.5 Å². The number of para-hydroxylation sites is 1. The number of H-pyrrole nitrogens is 1. The van der Waals surface area contributed by atoms with Gasteiger partial charge in [-0.3, -0.25) is 14.6 Å². The Bertz CT molecular complexity index is 3100. The Morgan fingerprint density at radius 1 is 0.930 bits per heavy atom. The molecule has 0 radical (unpaired) electrons.